The third kappa shape index (κ3) is 4.14. The van der Waals surface area contributed by atoms with E-state index in [9.17, 15) is 0 Å². The van der Waals surface area contributed by atoms with Crippen LogP contribution in [0.4, 0.5) is 0 Å². The summed E-state index contributed by atoms with van der Waals surface area (Å²) in [6, 6.07) is 8.09. The van der Waals surface area contributed by atoms with Crippen LogP contribution in [0.3, 0.4) is 0 Å². The topological polar surface area (TPSA) is 47.6 Å². The molecule has 1 heterocycles. The molecule has 0 aromatic heterocycles. The largest absolute Gasteiger partial charge is 0.463 e. The summed E-state index contributed by atoms with van der Waals surface area (Å²) in [6.07, 6.45) is 0. The minimum Gasteiger partial charge on any atom is -0.463 e. The van der Waals surface area contributed by atoms with Crippen LogP contribution in [0.25, 0.3) is 0 Å². The Hall–Kier alpha value is -1.22. The fourth-order valence-electron chi connectivity index (χ4n) is 0.957. The number of benzene rings is 1. The van der Waals surface area contributed by atoms with Crippen LogP contribution in [-0.2, 0) is 4.74 Å². The number of ether oxygens (including phenoxy) is 1. The van der Waals surface area contributed by atoms with E-state index < -0.39 is 0 Å². The van der Waals surface area contributed by atoms with Gasteiger partial charge in [-0.2, -0.15) is 0 Å². The summed E-state index contributed by atoms with van der Waals surface area (Å²) < 4.78 is 4.68. The summed E-state index contributed by atoms with van der Waals surface area (Å²) >= 11 is 5.64. The SMILES string of the molecule is Cc1cccc(Cl)c1.NC1=NCCO1. The van der Waals surface area contributed by atoms with E-state index in [1.165, 1.54) is 5.56 Å². The summed E-state index contributed by atoms with van der Waals surface area (Å²) in [6.45, 7) is 3.41. The van der Waals surface area contributed by atoms with Crippen LogP contribution in [0.1, 0.15) is 5.56 Å². The molecule has 2 rings (SSSR count). The van der Waals surface area contributed by atoms with E-state index in [4.69, 9.17) is 17.3 Å². The summed E-state index contributed by atoms with van der Waals surface area (Å²) in [7, 11) is 0. The van der Waals surface area contributed by atoms with Gasteiger partial charge in [-0.3, -0.25) is 0 Å². The van der Waals surface area contributed by atoms with Gasteiger partial charge in [-0.05, 0) is 24.6 Å². The molecule has 0 aliphatic carbocycles. The zero-order chi connectivity index (χ0) is 10.4. The van der Waals surface area contributed by atoms with Crippen molar-refractivity contribution in [2.45, 2.75) is 6.92 Å². The summed E-state index contributed by atoms with van der Waals surface area (Å²) in [5.74, 6) is 0. The minimum atomic E-state index is 0.329. The summed E-state index contributed by atoms with van der Waals surface area (Å²) in [4.78, 5) is 3.71. The van der Waals surface area contributed by atoms with Crippen LogP contribution in [0.15, 0.2) is 29.3 Å². The Morgan fingerprint density at radius 1 is 1.50 bits per heavy atom. The summed E-state index contributed by atoms with van der Waals surface area (Å²) in [5, 5.41) is 0.810. The molecule has 76 valence electrons. The summed E-state index contributed by atoms with van der Waals surface area (Å²) in [5.41, 5.74) is 6.27. The minimum absolute atomic E-state index is 0.329. The number of hydrogen-bond acceptors (Lipinski definition) is 3. The second-order valence-electron chi connectivity index (χ2n) is 2.87. The third-order valence-corrected chi connectivity index (χ3v) is 1.82. The predicted octanol–water partition coefficient (Wildman–Crippen LogP) is 1.98. The lowest BCUT2D eigenvalue weighted by Crippen LogP contribution is -2.10. The average molecular weight is 213 g/mol. The van der Waals surface area contributed by atoms with Gasteiger partial charge in [0.25, 0.3) is 6.02 Å². The first kappa shape index (κ1) is 10.9. The maximum atomic E-state index is 5.64. The fraction of sp³-hybridized carbons (Fsp3) is 0.300. The first-order chi connectivity index (χ1) is 6.68. The van der Waals surface area contributed by atoms with E-state index in [2.05, 4.69) is 9.73 Å². The Labute approximate surface area is 88.5 Å². The second kappa shape index (κ2) is 5.50. The van der Waals surface area contributed by atoms with Crippen LogP contribution >= 0.6 is 11.6 Å². The lowest BCUT2D eigenvalue weighted by atomic mass is 10.2. The average Bonchev–Trinajstić information content (AvgIpc) is 2.56. The van der Waals surface area contributed by atoms with E-state index in [1.54, 1.807) is 0 Å². The number of nitrogens with two attached hydrogens (primary N) is 1. The van der Waals surface area contributed by atoms with Gasteiger partial charge < -0.3 is 10.5 Å². The van der Waals surface area contributed by atoms with Crippen molar-refractivity contribution in [2.24, 2.45) is 10.7 Å². The van der Waals surface area contributed by atoms with Crippen LogP contribution < -0.4 is 5.73 Å². The number of aryl methyl sites for hydroxylation is 1. The Balaban J connectivity index is 0.000000146. The molecule has 1 aliphatic heterocycles. The van der Waals surface area contributed by atoms with Gasteiger partial charge in [-0.1, -0.05) is 23.7 Å². The third-order valence-electron chi connectivity index (χ3n) is 1.59. The fourth-order valence-corrected chi connectivity index (χ4v) is 1.20. The molecule has 0 unspecified atom stereocenters. The van der Waals surface area contributed by atoms with Gasteiger partial charge >= 0.3 is 0 Å². The molecule has 0 saturated heterocycles. The van der Waals surface area contributed by atoms with Gasteiger partial charge in [-0.15, -0.1) is 0 Å². The van der Waals surface area contributed by atoms with Gasteiger partial charge in [0, 0.05) is 5.02 Å². The van der Waals surface area contributed by atoms with E-state index >= 15 is 0 Å². The Kier molecular flexibility index (Phi) is 4.26. The maximum absolute atomic E-state index is 5.64. The van der Waals surface area contributed by atoms with Crippen LogP contribution in [0, 0.1) is 6.92 Å². The smallest absolute Gasteiger partial charge is 0.282 e. The molecule has 3 nitrogen and oxygen atoms in total. The highest BCUT2D eigenvalue weighted by Crippen LogP contribution is 2.08. The molecule has 0 spiro atoms. The second-order valence-corrected chi connectivity index (χ2v) is 3.30. The van der Waals surface area contributed by atoms with Crippen molar-refractivity contribution in [3.63, 3.8) is 0 Å². The molecule has 4 heteroatoms. The van der Waals surface area contributed by atoms with Gasteiger partial charge in [0.05, 0.1) is 6.54 Å². The van der Waals surface area contributed by atoms with Crippen molar-refractivity contribution >= 4 is 17.6 Å². The first-order valence-electron chi connectivity index (χ1n) is 4.33. The standard InChI is InChI=1S/C7H7Cl.C3H6N2O/c1-6-3-2-4-7(8)5-6;4-3-5-1-2-6-3/h2-5H,1H3;1-2H2,(H2,4,5). The molecule has 0 atom stereocenters. The first-order valence-corrected chi connectivity index (χ1v) is 4.71. The molecular formula is C10H13ClN2O. The molecule has 0 radical (unpaired) electrons. The molecule has 14 heavy (non-hydrogen) atoms. The number of rotatable bonds is 0. The highest BCUT2D eigenvalue weighted by Gasteiger charge is 1.97. The highest BCUT2D eigenvalue weighted by atomic mass is 35.5. The molecule has 0 bridgehead atoms. The van der Waals surface area contributed by atoms with Gasteiger partial charge in [0.15, 0.2) is 0 Å². The molecule has 1 aromatic rings. The van der Waals surface area contributed by atoms with Gasteiger partial charge in [-0.25, -0.2) is 4.99 Å². The molecule has 0 amide bonds. The number of nitrogens with zero attached hydrogens (tertiary/aromatic N) is 1. The Bertz CT molecular complexity index is 308. The maximum Gasteiger partial charge on any atom is 0.282 e. The Morgan fingerprint density at radius 3 is 2.57 bits per heavy atom. The van der Waals surface area contributed by atoms with Crippen LogP contribution in [0.2, 0.25) is 5.02 Å². The Morgan fingerprint density at radius 2 is 2.29 bits per heavy atom. The van der Waals surface area contributed by atoms with Crippen molar-refractivity contribution in [1.82, 2.24) is 0 Å². The van der Waals surface area contributed by atoms with E-state index in [0.29, 0.717) is 12.6 Å². The highest BCUT2D eigenvalue weighted by molar-refractivity contribution is 6.30. The van der Waals surface area contributed by atoms with Gasteiger partial charge in [0.2, 0.25) is 0 Å². The zero-order valence-corrected chi connectivity index (χ0v) is 8.79. The molecule has 2 N–H and O–H groups in total. The predicted molar refractivity (Wildman–Crippen MR) is 58.6 cm³/mol. The van der Waals surface area contributed by atoms with Crippen LogP contribution in [0.5, 0.6) is 0 Å². The van der Waals surface area contributed by atoms with Crippen molar-refractivity contribution in [1.29, 1.82) is 0 Å². The normalized spacial score (nSPS) is 13.7. The molecule has 1 aliphatic rings. The number of hydrogen-bond donors (Lipinski definition) is 1. The van der Waals surface area contributed by atoms with Crippen molar-refractivity contribution in [2.75, 3.05) is 13.2 Å². The number of aliphatic imine (C=N–C) groups is 1. The zero-order valence-electron chi connectivity index (χ0n) is 8.03. The van der Waals surface area contributed by atoms with E-state index in [-0.39, 0.29) is 0 Å². The number of amidine groups is 1. The van der Waals surface area contributed by atoms with Crippen molar-refractivity contribution < 1.29 is 4.74 Å². The van der Waals surface area contributed by atoms with Crippen molar-refractivity contribution in [3.05, 3.63) is 34.9 Å². The van der Waals surface area contributed by atoms with Crippen LogP contribution in [-0.4, -0.2) is 19.2 Å². The quantitative estimate of drug-likeness (QED) is 0.715. The molecule has 0 saturated carbocycles. The van der Waals surface area contributed by atoms with Crippen molar-refractivity contribution in [3.8, 4) is 0 Å². The molecular weight excluding hydrogens is 200 g/mol. The van der Waals surface area contributed by atoms with E-state index in [0.717, 1.165) is 11.6 Å². The lowest BCUT2D eigenvalue weighted by molar-refractivity contribution is 0.342. The number of halogens is 1. The lowest BCUT2D eigenvalue weighted by Gasteiger charge is -1.88. The molecule has 0 fully saturated rings. The monoisotopic (exact) mass is 212 g/mol. The van der Waals surface area contributed by atoms with E-state index in [1.807, 2.05) is 31.2 Å². The molecule has 1 aromatic carbocycles. The van der Waals surface area contributed by atoms with Gasteiger partial charge in [0.1, 0.15) is 6.61 Å².